The molecule has 33 heavy (non-hydrogen) atoms. The first-order valence-electron chi connectivity index (χ1n) is 10.8. The Labute approximate surface area is 191 Å². The zero-order valence-electron chi connectivity index (χ0n) is 18.9. The van der Waals surface area contributed by atoms with Gasteiger partial charge in [-0.3, -0.25) is 0 Å². The van der Waals surface area contributed by atoms with Crippen molar-refractivity contribution in [3.8, 4) is 16.9 Å². The Hall–Kier alpha value is -3.94. The van der Waals surface area contributed by atoms with Gasteiger partial charge in [-0.25, -0.2) is 9.18 Å². The third kappa shape index (κ3) is 3.38. The van der Waals surface area contributed by atoms with Crippen LogP contribution in [-0.4, -0.2) is 34.9 Å². The molecule has 170 valence electrons. The molecule has 5 rings (SSSR count). The molecular formula is C25H25FN4O3. The van der Waals surface area contributed by atoms with Crippen molar-refractivity contribution in [3.05, 3.63) is 71.8 Å². The first-order valence-corrected chi connectivity index (χ1v) is 10.8. The highest BCUT2D eigenvalue weighted by molar-refractivity contribution is 6.06. The second kappa shape index (κ2) is 8.90. The Kier molecular flexibility index (Phi) is 6.00. The largest absolute Gasteiger partial charge is 0.494 e. The zero-order valence-corrected chi connectivity index (χ0v) is 18.9. The van der Waals surface area contributed by atoms with E-state index in [4.69, 9.17) is 9.47 Å². The minimum absolute atomic E-state index is 0.0854. The van der Waals surface area contributed by atoms with Crippen molar-refractivity contribution in [2.24, 2.45) is 0 Å². The van der Waals surface area contributed by atoms with Crippen LogP contribution < -0.4 is 10.1 Å². The number of halogens is 1. The molecule has 2 aromatic heterocycles. The Balaban J connectivity index is 0.00000126. The van der Waals surface area contributed by atoms with Crippen molar-refractivity contribution < 1.29 is 18.7 Å². The van der Waals surface area contributed by atoms with Crippen LogP contribution in [0.2, 0.25) is 0 Å². The summed E-state index contributed by atoms with van der Waals surface area (Å²) in [4.78, 5) is 16.7. The van der Waals surface area contributed by atoms with Crippen molar-refractivity contribution in [2.45, 2.75) is 26.3 Å². The Morgan fingerprint density at radius 2 is 1.94 bits per heavy atom. The third-order valence-electron chi connectivity index (χ3n) is 5.58. The summed E-state index contributed by atoms with van der Waals surface area (Å²) in [6.45, 7) is 5.90. The number of hydrogen-bond donors (Lipinski definition) is 2. The van der Waals surface area contributed by atoms with Crippen LogP contribution in [0.4, 0.5) is 10.1 Å². The van der Waals surface area contributed by atoms with Crippen LogP contribution in [0.25, 0.3) is 22.2 Å². The molecule has 0 radical (unpaired) electrons. The van der Waals surface area contributed by atoms with Crippen LogP contribution in [0, 0.1) is 5.82 Å². The quantitative estimate of drug-likeness (QED) is 0.426. The fourth-order valence-electron chi connectivity index (χ4n) is 4.21. The average molecular weight is 448 g/mol. The molecule has 1 aliphatic rings. The van der Waals surface area contributed by atoms with Gasteiger partial charge in [0.25, 0.3) is 0 Å². The number of para-hydroxylation sites is 1. The van der Waals surface area contributed by atoms with E-state index in [-0.39, 0.29) is 12.4 Å². The van der Waals surface area contributed by atoms with Crippen LogP contribution in [0.5, 0.6) is 5.75 Å². The minimum atomic E-state index is -1.52. The molecule has 0 amide bonds. The van der Waals surface area contributed by atoms with Crippen molar-refractivity contribution >= 4 is 22.7 Å². The van der Waals surface area contributed by atoms with Gasteiger partial charge in [0.1, 0.15) is 0 Å². The second-order valence-corrected chi connectivity index (χ2v) is 7.17. The summed E-state index contributed by atoms with van der Waals surface area (Å²) in [6.07, 6.45) is 3.36. The zero-order chi connectivity index (χ0) is 23.6. The Morgan fingerprint density at radius 3 is 2.67 bits per heavy atom. The molecule has 3 heterocycles. The molecular weight excluding hydrogens is 423 g/mol. The van der Waals surface area contributed by atoms with Gasteiger partial charge in [0.05, 0.1) is 19.9 Å². The van der Waals surface area contributed by atoms with Crippen LogP contribution >= 0.6 is 0 Å². The normalized spacial score (nSPS) is 16.0. The van der Waals surface area contributed by atoms with Gasteiger partial charge in [0.15, 0.2) is 22.8 Å². The van der Waals surface area contributed by atoms with Crippen molar-refractivity contribution in [1.29, 1.82) is 0 Å². The molecule has 2 aromatic carbocycles. The summed E-state index contributed by atoms with van der Waals surface area (Å²) < 4.78 is 25.4. The molecule has 0 saturated heterocycles. The summed E-state index contributed by atoms with van der Waals surface area (Å²) in [5.41, 5.74) is 2.31. The lowest BCUT2D eigenvalue weighted by Gasteiger charge is -2.33. The number of carbonyl (C=O) groups excluding carboxylic acids is 1. The van der Waals surface area contributed by atoms with E-state index in [1.54, 1.807) is 25.4 Å². The van der Waals surface area contributed by atoms with E-state index in [2.05, 4.69) is 20.5 Å². The molecule has 0 fully saturated rings. The van der Waals surface area contributed by atoms with E-state index < -0.39 is 17.3 Å². The van der Waals surface area contributed by atoms with Gasteiger partial charge in [-0.15, -0.1) is 5.10 Å². The van der Waals surface area contributed by atoms with E-state index >= 15 is 0 Å². The van der Waals surface area contributed by atoms with E-state index in [0.29, 0.717) is 22.5 Å². The highest BCUT2D eigenvalue weighted by Crippen LogP contribution is 2.47. The molecule has 8 heteroatoms. The molecule has 2 N–H and O–H groups in total. The number of H-pyrrole nitrogens is 1. The second-order valence-electron chi connectivity index (χ2n) is 7.17. The van der Waals surface area contributed by atoms with Gasteiger partial charge in [0, 0.05) is 34.0 Å². The van der Waals surface area contributed by atoms with Gasteiger partial charge in [-0.2, -0.15) is 5.10 Å². The lowest BCUT2D eigenvalue weighted by Crippen LogP contribution is -2.45. The number of fused-ring (bicyclic) bond motifs is 2. The molecule has 0 spiro atoms. The number of aromatic amines is 1. The topological polar surface area (TPSA) is 89.1 Å². The van der Waals surface area contributed by atoms with Crippen LogP contribution in [0.15, 0.2) is 54.9 Å². The van der Waals surface area contributed by atoms with Gasteiger partial charge >= 0.3 is 5.97 Å². The standard InChI is InChI=1S/C23H19FN4O3.C2H6/c1-3-31-22(29)23(13-8-9-19(30-2)17(24)10-13)16-12-25-21-20(16)15(11-26-28-21)14-6-4-5-7-18(14)27-23;1-2/h4-12,27H,3H2,1-2H3,(H,25,28);1-2H3. The molecule has 7 nitrogen and oxygen atoms in total. The molecule has 1 aliphatic heterocycles. The first kappa shape index (κ1) is 22.3. The molecule has 0 saturated carbocycles. The lowest BCUT2D eigenvalue weighted by molar-refractivity contribution is -0.147. The number of rotatable bonds is 4. The molecule has 0 bridgehead atoms. The highest BCUT2D eigenvalue weighted by atomic mass is 19.1. The predicted octanol–water partition coefficient (Wildman–Crippen LogP) is 5.03. The number of hydrogen-bond acceptors (Lipinski definition) is 6. The number of ether oxygens (including phenoxy) is 2. The fourth-order valence-corrected chi connectivity index (χ4v) is 4.21. The number of benzene rings is 2. The van der Waals surface area contributed by atoms with Crippen molar-refractivity contribution in [1.82, 2.24) is 15.2 Å². The molecule has 1 atom stereocenters. The van der Waals surface area contributed by atoms with E-state index in [1.165, 1.54) is 19.2 Å². The van der Waals surface area contributed by atoms with Crippen molar-refractivity contribution in [2.75, 3.05) is 19.0 Å². The van der Waals surface area contributed by atoms with E-state index in [0.717, 1.165) is 16.5 Å². The number of anilines is 1. The predicted molar refractivity (Wildman–Crippen MR) is 125 cm³/mol. The number of nitrogens with one attached hydrogen (secondary N) is 2. The number of methoxy groups -OCH3 is 1. The highest BCUT2D eigenvalue weighted by Gasteiger charge is 2.48. The van der Waals surface area contributed by atoms with E-state index in [1.807, 2.05) is 38.1 Å². The summed E-state index contributed by atoms with van der Waals surface area (Å²) >= 11 is 0. The Morgan fingerprint density at radius 1 is 1.15 bits per heavy atom. The van der Waals surface area contributed by atoms with Gasteiger partial charge in [-0.05, 0) is 30.7 Å². The maximum atomic E-state index is 14.8. The fraction of sp³-hybridized carbons (Fsp3) is 0.240. The number of nitrogens with zero attached hydrogens (tertiary/aromatic N) is 2. The number of aromatic nitrogens is 3. The van der Waals surface area contributed by atoms with Crippen LogP contribution in [-0.2, 0) is 15.1 Å². The monoisotopic (exact) mass is 448 g/mol. The van der Waals surface area contributed by atoms with Crippen LogP contribution in [0.1, 0.15) is 31.9 Å². The lowest BCUT2D eigenvalue weighted by atomic mass is 9.82. The average Bonchev–Trinajstić information content (AvgIpc) is 3.23. The van der Waals surface area contributed by atoms with Gasteiger partial charge in [-0.1, -0.05) is 38.1 Å². The first-order chi connectivity index (χ1) is 16.1. The maximum absolute atomic E-state index is 14.8. The summed E-state index contributed by atoms with van der Waals surface area (Å²) in [6, 6.07) is 12.0. The van der Waals surface area contributed by atoms with Gasteiger partial charge < -0.3 is 19.8 Å². The SMILES string of the molecule is CC.CCOC(=O)C1(c2ccc(OC)c(F)c2)Nc2ccccc2-c2cnnc3[nH]cc1c23. The number of carbonyl (C=O) groups is 1. The third-order valence-corrected chi connectivity index (χ3v) is 5.58. The molecule has 1 unspecified atom stereocenters. The summed E-state index contributed by atoms with van der Waals surface area (Å²) in [7, 11) is 1.39. The maximum Gasteiger partial charge on any atom is 0.341 e. The smallest absolute Gasteiger partial charge is 0.341 e. The summed E-state index contributed by atoms with van der Waals surface area (Å²) in [5, 5.41) is 12.4. The Bertz CT molecular complexity index is 1320. The van der Waals surface area contributed by atoms with Crippen molar-refractivity contribution in [3.63, 3.8) is 0 Å². The molecule has 4 aromatic rings. The minimum Gasteiger partial charge on any atom is -0.494 e. The number of esters is 1. The van der Waals surface area contributed by atoms with Gasteiger partial charge in [0.2, 0.25) is 0 Å². The molecule has 0 aliphatic carbocycles. The van der Waals surface area contributed by atoms with E-state index in [9.17, 15) is 9.18 Å². The summed E-state index contributed by atoms with van der Waals surface area (Å²) in [5.74, 6) is -1.05. The van der Waals surface area contributed by atoms with Crippen LogP contribution in [0.3, 0.4) is 0 Å².